The van der Waals surface area contributed by atoms with Crippen LogP contribution in [0.3, 0.4) is 0 Å². The number of rotatable bonds is 5. The van der Waals surface area contributed by atoms with Crippen molar-refractivity contribution in [3.63, 3.8) is 0 Å². The zero-order valence-corrected chi connectivity index (χ0v) is 11.9. The van der Waals surface area contributed by atoms with Crippen molar-refractivity contribution in [3.05, 3.63) is 12.2 Å². The Morgan fingerprint density at radius 1 is 1.37 bits per heavy atom. The Bertz CT molecular complexity index is 331. The van der Waals surface area contributed by atoms with Crippen LogP contribution in [0.1, 0.15) is 39.0 Å². The molecule has 2 fully saturated rings. The summed E-state index contributed by atoms with van der Waals surface area (Å²) in [6, 6.07) is 0. The minimum atomic E-state index is -0.448. The molecule has 0 aromatic carbocycles. The zero-order chi connectivity index (χ0) is 13.7. The number of carbonyl (C=O) groups is 1. The standard InChI is InChI=1S/C15H24O4/c1-3-4-5-6-13-12(11-14(16)17-2)7-8-15(13)18-9-10-19-15/h4-5,12-13H,3,6-11H2,1-2H3/b5-4-. The molecule has 4 nitrogen and oxygen atoms in total. The Hall–Kier alpha value is -0.870. The number of allylic oxidation sites excluding steroid dienone is 2. The predicted molar refractivity (Wildman–Crippen MR) is 71.5 cm³/mol. The van der Waals surface area contributed by atoms with E-state index >= 15 is 0 Å². The second-order valence-electron chi connectivity index (χ2n) is 5.31. The van der Waals surface area contributed by atoms with Gasteiger partial charge in [-0.25, -0.2) is 0 Å². The molecule has 1 spiro atoms. The van der Waals surface area contributed by atoms with E-state index < -0.39 is 5.79 Å². The maximum Gasteiger partial charge on any atom is 0.305 e. The average molecular weight is 268 g/mol. The number of esters is 1. The van der Waals surface area contributed by atoms with E-state index in [2.05, 4.69) is 19.1 Å². The molecule has 0 aromatic rings. The van der Waals surface area contributed by atoms with E-state index in [1.807, 2.05) is 0 Å². The lowest BCUT2D eigenvalue weighted by Crippen LogP contribution is -2.37. The van der Waals surface area contributed by atoms with Gasteiger partial charge in [-0.3, -0.25) is 4.79 Å². The van der Waals surface area contributed by atoms with E-state index in [9.17, 15) is 4.79 Å². The quantitative estimate of drug-likeness (QED) is 0.568. The molecule has 1 aliphatic heterocycles. The molecule has 1 saturated carbocycles. The van der Waals surface area contributed by atoms with Crippen molar-refractivity contribution in [2.24, 2.45) is 11.8 Å². The number of ether oxygens (including phenoxy) is 3. The molecule has 0 radical (unpaired) electrons. The molecule has 0 N–H and O–H groups in total. The summed E-state index contributed by atoms with van der Waals surface area (Å²) in [6.07, 6.45) is 8.62. The molecular weight excluding hydrogens is 244 g/mol. The lowest BCUT2D eigenvalue weighted by Gasteiger charge is -2.31. The molecule has 2 aliphatic rings. The third kappa shape index (κ3) is 3.18. The van der Waals surface area contributed by atoms with Crippen molar-refractivity contribution >= 4 is 5.97 Å². The summed E-state index contributed by atoms with van der Waals surface area (Å²) in [4.78, 5) is 11.5. The van der Waals surface area contributed by atoms with Crippen molar-refractivity contribution in [1.82, 2.24) is 0 Å². The SMILES string of the molecule is CC/C=C\CC1C(CC(=O)OC)CCC12OCCO2. The number of hydrogen-bond acceptors (Lipinski definition) is 4. The fourth-order valence-electron chi connectivity index (χ4n) is 3.28. The van der Waals surface area contributed by atoms with Crippen molar-refractivity contribution < 1.29 is 19.0 Å². The monoisotopic (exact) mass is 268 g/mol. The molecule has 108 valence electrons. The highest BCUT2D eigenvalue weighted by atomic mass is 16.7. The normalized spacial score (nSPS) is 29.4. The van der Waals surface area contributed by atoms with Gasteiger partial charge in [0.2, 0.25) is 0 Å². The molecule has 0 amide bonds. The van der Waals surface area contributed by atoms with Crippen LogP contribution in [0, 0.1) is 11.8 Å². The number of hydrogen-bond donors (Lipinski definition) is 0. The summed E-state index contributed by atoms with van der Waals surface area (Å²) in [5, 5.41) is 0. The van der Waals surface area contributed by atoms with E-state index in [0.717, 1.165) is 25.7 Å². The largest absolute Gasteiger partial charge is 0.469 e. The average Bonchev–Trinajstić information content (AvgIpc) is 3.01. The fourth-order valence-corrected chi connectivity index (χ4v) is 3.28. The van der Waals surface area contributed by atoms with Crippen LogP contribution in [0.4, 0.5) is 0 Å². The Morgan fingerprint density at radius 2 is 2.11 bits per heavy atom. The zero-order valence-electron chi connectivity index (χ0n) is 11.9. The van der Waals surface area contributed by atoms with Crippen LogP contribution in [0.5, 0.6) is 0 Å². The lowest BCUT2D eigenvalue weighted by molar-refractivity contribution is -0.186. The van der Waals surface area contributed by atoms with E-state index in [4.69, 9.17) is 14.2 Å². The molecule has 2 rings (SSSR count). The summed E-state index contributed by atoms with van der Waals surface area (Å²) < 4.78 is 16.6. The van der Waals surface area contributed by atoms with E-state index in [1.54, 1.807) is 0 Å². The van der Waals surface area contributed by atoms with Crippen LogP contribution in [0.25, 0.3) is 0 Å². The molecule has 19 heavy (non-hydrogen) atoms. The van der Waals surface area contributed by atoms with Crippen molar-refractivity contribution in [2.75, 3.05) is 20.3 Å². The lowest BCUT2D eigenvalue weighted by atomic mass is 9.87. The minimum absolute atomic E-state index is 0.135. The third-order valence-corrected chi connectivity index (χ3v) is 4.22. The van der Waals surface area contributed by atoms with Crippen LogP contribution in [0.15, 0.2) is 12.2 Å². The molecule has 4 heteroatoms. The van der Waals surface area contributed by atoms with E-state index in [-0.39, 0.29) is 11.9 Å². The summed E-state index contributed by atoms with van der Waals surface area (Å²) in [5.74, 6) is -0.0231. The van der Waals surface area contributed by atoms with E-state index in [0.29, 0.717) is 25.6 Å². The minimum Gasteiger partial charge on any atom is -0.469 e. The first-order valence-electron chi connectivity index (χ1n) is 7.21. The smallest absolute Gasteiger partial charge is 0.305 e. The van der Waals surface area contributed by atoms with Gasteiger partial charge in [0.05, 0.1) is 20.3 Å². The van der Waals surface area contributed by atoms with Crippen molar-refractivity contribution in [3.8, 4) is 0 Å². The predicted octanol–water partition coefficient (Wildman–Crippen LogP) is 2.68. The summed E-state index contributed by atoms with van der Waals surface area (Å²) in [5.41, 5.74) is 0. The van der Waals surface area contributed by atoms with Crippen LogP contribution in [-0.4, -0.2) is 32.1 Å². The molecular formula is C15H24O4. The Balaban J connectivity index is 2.05. The summed E-state index contributed by atoms with van der Waals surface area (Å²) >= 11 is 0. The Labute approximate surface area is 115 Å². The highest BCUT2D eigenvalue weighted by Crippen LogP contribution is 2.49. The third-order valence-electron chi connectivity index (χ3n) is 4.22. The fraction of sp³-hybridized carbons (Fsp3) is 0.800. The molecule has 1 saturated heterocycles. The van der Waals surface area contributed by atoms with Gasteiger partial charge in [-0.1, -0.05) is 19.1 Å². The molecule has 2 unspecified atom stereocenters. The van der Waals surface area contributed by atoms with Crippen LogP contribution >= 0.6 is 0 Å². The van der Waals surface area contributed by atoms with Gasteiger partial charge in [0.1, 0.15) is 0 Å². The maximum atomic E-state index is 11.5. The van der Waals surface area contributed by atoms with Crippen LogP contribution in [-0.2, 0) is 19.0 Å². The van der Waals surface area contributed by atoms with Crippen molar-refractivity contribution in [1.29, 1.82) is 0 Å². The van der Waals surface area contributed by atoms with Crippen LogP contribution < -0.4 is 0 Å². The topological polar surface area (TPSA) is 44.8 Å². The van der Waals surface area contributed by atoms with Crippen molar-refractivity contribution in [2.45, 2.75) is 44.8 Å². The highest BCUT2D eigenvalue weighted by molar-refractivity contribution is 5.69. The molecule has 0 aromatic heterocycles. The van der Waals surface area contributed by atoms with Gasteiger partial charge >= 0.3 is 5.97 Å². The van der Waals surface area contributed by atoms with Gasteiger partial charge in [-0.2, -0.15) is 0 Å². The van der Waals surface area contributed by atoms with Gasteiger partial charge in [0, 0.05) is 18.8 Å². The first kappa shape index (κ1) is 14.5. The summed E-state index contributed by atoms with van der Waals surface area (Å²) in [7, 11) is 1.45. The second-order valence-corrected chi connectivity index (χ2v) is 5.31. The van der Waals surface area contributed by atoms with Gasteiger partial charge in [-0.05, 0) is 25.2 Å². The molecule has 2 atom stereocenters. The van der Waals surface area contributed by atoms with Gasteiger partial charge < -0.3 is 14.2 Å². The molecule has 1 aliphatic carbocycles. The maximum absolute atomic E-state index is 11.5. The Morgan fingerprint density at radius 3 is 2.74 bits per heavy atom. The Kier molecular flexibility index (Phi) is 4.99. The molecule has 1 heterocycles. The number of methoxy groups -OCH3 is 1. The van der Waals surface area contributed by atoms with Gasteiger partial charge in [0.25, 0.3) is 0 Å². The number of carbonyl (C=O) groups excluding carboxylic acids is 1. The summed E-state index contributed by atoms with van der Waals surface area (Å²) in [6.45, 7) is 3.45. The van der Waals surface area contributed by atoms with Crippen LogP contribution in [0.2, 0.25) is 0 Å². The second kappa shape index (κ2) is 6.53. The van der Waals surface area contributed by atoms with Gasteiger partial charge in [-0.15, -0.1) is 0 Å². The van der Waals surface area contributed by atoms with E-state index in [1.165, 1.54) is 7.11 Å². The molecule has 0 bridgehead atoms. The first-order chi connectivity index (χ1) is 9.22. The van der Waals surface area contributed by atoms with Gasteiger partial charge in [0.15, 0.2) is 5.79 Å². The first-order valence-corrected chi connectivity index (χ1v) is 7.21. The highest BCUT2D eigenvalue weighted by Gasteiger charge is 2.52.